The van der Waals surface area contributed by atoms with E-state index in [1.807, 2.05) is 0 Å². The molecular formula is C27H21Cl2FN2O7S2. The Balaban J connectivity index is 1.59. The first-order valence-corrected chi connectivity index (χ1v) is 14.8. The fourth-order valence-electron chi connectivity index (χ4n) is 3.69. The third kappa shape index (κ3) is 7.20. The highest BCUT2D eigenvalue weighted by atomic mass is 35.5. The van der Waals surface area contributed by atoms with Crippen molar-refractivity contribution in [1.82, 2.24) is 4.90 Å². The normalized spacial score (nSPS) is 14.5. The number of carbonyl (C=O) groups is 3. The second-order valence-electron chi connectivity index (χ2n) is 8.51. The molecular weight excluding hydrogens is 618 g/mol. The molecule has 1 N–H and O–H groups in total. The van der Waals surface area contributed by atoms with E-state index in [0.29, 0.717) is 28.6 Å². The summed E-state index contributed by atoms with van der Waals surface area (Å²) < 4.78 is 50.2. The largest absolute Gasteiger partial charge is 0.490 e. The van der Waals surface area contributed by atoms with Crippen LogP contribution in [-0.4, -0.2) is 37.0 Å². The maximum Gasteiger partial charge on any atom is 0.339 e. The van der Waals surface area contributed by atoms with Gasteiger partial charge in [-0.05, 0) is 84.4 Å². The molecule has 4 rings (SSSR count). The predicted octanol–water partition coefficient (Wildman–Crippen LogP) is 6.49. The zero-order chi connectivity index (χ0) is 29.9. The van der Waals surface area contributed by atoms with Gasteiger partial charge in [-0.15, -0.1) is 0 Å². The van der Waals surface area contributed by atoms with Gasteiger partial charge in [-0.3, -0.25) is 19.3 Å². The topological polar surface area (TPSA) is 119 Å². The van der Waals surface area contributed by atoms with Crippen molar-refractivity contribution < 1.29 is 36.1 Å². The Hall–Kier alpha value is -3.58. The van der Waals surface area contributed by atoms with Gasteiger partial charge in [0.1, 0.15) is 10.7 Å². The molecule has 0 aromatic heterocycles. The lowest BCUT2D eigenvalue weighted by molar-refractivity contribution is -0.123. The lowest BCUT2D eigenvalue weighted by Crippen LogP contribution is -2.27. The summed E-state index contributed by atoms with van der Waals surface area (Å²) in [6, 6.07) is 11.8. The van der Waals surface area contributed by atoms with Crippen molar-refractivity contribution in [3.05, 3.63) is 86.5 Å². The van der Waals surface area contributed by atoms with Crippen LogP contribution < -0.4 is 14.2 Å². The van der Waals surface area contributed by atoms with Gasteiger partial charge in [-0.1, -0.05) is 29.3 Å². The van der Waals surface area contributed by atoms with E-state index in [1.165, 1.54) is 61.5 Å². The molecule has 3 aromatic carbocycles. The molecule has 214 valence electrons. The molecule has 3 aromatic rings. The molecule has 0 spiro atoms. The van der Waals surface area contributed by atoms with Crippen LogP contribution in [0, 0.1) is 5.82 Å². The van der Waals surface area contributed by atoms with E-state index in [2.05, 4.69) is 5.32 Å². The van der Waals surface area contributed by atoms with Gasteiger partial charge in [0.25, 0.3) is 11.1 Å². The second-order valence-corrected chi connectivity index (χ2v) is 11.9. The van der Waals surface area contributed by atoms with Gasteiger partial charge in [0.05, 0.1) is 23.1 Å². The highest BCUT2D eigenvalue weighted by Gasteiger charge is 2.35. The highest BCUT2D eigenvalue weighted by Crippen LogP contribution is 2.41. The summed E-state index contributed by atoms with van der Waals surface area (Å²) in [7, 11) is -4.35. The van der Waals surface area contributed by atoms with Gasteiger partial charge < -0.3 is 14.2 Å². The quantitative estimate of drug-likeness (QED) is 0.208. The molecule has 1 aliphatic heterocycles. The number of nitrogens with zero attached hydrogens (tertiary/aromatic N) is 1. The average Bonchev–Trinajstić information content (AvgIpc) is 3.15. The molecule has 0 radical (unpaired) electrons. The molecule has 1 aliphatic rings. The summed E-state index contributed by atoms with van der Waals surface area (Å²) in [4.78, 5) is 37.6. The van der Waals surface area contributed by atoms with Crippen molar-refractivity contribution in [3.63, 3.8) is 0 Å². The molecule has 3 amide bonds. The van der Waals surface area contributed by atoms with E-state index >= 15 is 0 Å². The number of benzene rings is 3. The van der Waals surface area contributed by atoms with Crippen LogP contribution in [-0.2, 0) is 26.3 Å². The van der Waals surface area contributed by atoms with E-state index < -0.39 is 27.1 Å². The Kier molecular flexibility index (Phi) is 9.27. The Morgan fingerprint density at radius 3 is 2.41 bits per heavy atom. The Bertz CT molecular complexity index is 1680. The van der Waals surface area contributed by atoms with E-state index in [0.717, 1.165) is 11.0 Å². The first kappa shape index (κ1) is 30.4. The molecule has 14 heteroatoms. The number of hydrogen-bond donors (Lipinski definition) is 1. The zero-order valence-corrected chi connectivity index (χ0v) is 24.6. The average molecular weight is 640 g/mol. The predicted molar refractivity (Wildman–Crippen MR) is 154 cm³/mol. The molecule has 0 atom stereocenters. The number of nitrogens with one attached hydrogen (secondary N) is 1. The van der Waals surface area contributed by atoms with E-state index in [4.69, 9.17) is 32.1 Å². The smallest absolute Gasteiger partial charge is 0.339 e. The van der Waals surface area contributed by atoms with Crippen molar-refractivity contribution in [2.45, 2.75) is 25.3 Å². The van der Waals surface area contributed by atoms with E-state index in [9.17, 15) is 27.2 Å². The molecule has 1 fully saturated rings. The minimum absolute atomic E-state index is 0.0120. The Labute approximate surface area is 249 Å². The minimum atomic E-state index is -4.35. The van der Waals surface area contributed by atoms with Crippen molar-refractivity contribution in [3.8, 4) is 11.5 Å². The van der Waals surface area contributed by atoms with Crippen molar-refractivity contribution in [2.24, 2.45) is 0 Å². The third-order valence-corrected chi connectivity index (χ3v) is 8.28. The Morgan fingerprint density at radius 1 is 1.07 bits per heavy atom. The zero-order valence-electron chi connectivity index (χ0n) is 21.4. The number of rotatable bonds is 9. The van der Waals surface area contributed by atoms with Gasteiger partial charge in [-0.2, -0.15) is 8.42 Å². The summed E-state index contributed by atoms with van der Waals surface area (Å²) in [5, 5.41) is 1.94. The van der Waals surface area contributed by atoms with Crippen molar-refractivity contribution >= 4 is 73.9 Å². The van der Waals surface area contributed by atoms with Gasteiger partial charge in [0, 0.05) is 17.6 Å². The van der Waals surface area contributed by atoms with E-state index in [1.54, 1.807) is 6.92 Å². The lowest BCUT2D eigenvalue weighted by Gasteiger charge is -2.15. The molecule has 0 aliphatic carbocycles. The fourth-order valence-corrected chi connectivity index (χ4v) is 6.01. The summed E-state index contributed by atoms with van der Waals surface area (Å²) in [5.41, 5.74) is 1.14. The molecule has 1 heterocycles. The van der Waals surface area contributed by atoms with Crippen LogP contribution in [0.2, 0.25) is 10.0 Å². The second kappa shape index (κ2) is 12.5. The number of amides is 3. The molecule has 0 bridgehead atoms. The monoisotopic (exact) mass is 638 g/mol. The van der Waals surface area contributed by atoms with Crippen molar-refractivity contribution in [2.75, 3.05) is 11.9 Å². The van der Waals surface area contributed by atoms with Crippen LogP contribution in [0.25, 0.3) is 6.08 Å². The van der Waals surface area contributed by atoms with E-state index in [-0.39, 0.29) is 50.4 Å². The number of carbonyl (C=O) groups excluding carboxylic acids is 3. The SMILES string of the molecule is CCOc1cc(/C=C2\SC(=O)N(Cc3ccc(F)cc3Cl)C2=O)cc(Cl)c1OS(=O)(=O)c1ccc(NC(C)=O)cc1. The summed E-state index contributed by atoms with van der Waals surface area (Å²) in [5.74, 6) is -1.74. The van der Waals surface area contributed by atoms with Crippen LogP contribution in [0.3, 0.4) is 0 Å². The maximum absolute atomic E-state index is 13.4. The fraction of sp³-hybridized carbons (Fsp3) is 0.148. The number of thioether (sulfide) groups is 1. The van der Waals surface area contributed by atoms with Crippen LogP contribution in [0.4, 0.5) is 14.9 Å². The van der Waals surface area contributed by atoms with Crippen molar-refractivity contribution in [1.29, 1.82) is 0 Å². The van der Waals surface area contributed by atoms with Crippen LogP contribution in [0.5, 0.6) is 11.5 Å². The van der Waals surface area contributed by atoms with Gasteiger partial charge in [-0.25, -0.2) is 4.39 Å². The molecule has 9 nitrogen and oxygen atoms in total. The maximum atomic E-state index is 13.4. The van der Waals surface area contributed by atoms with Crippen LogP contribution in [0.15, 0.2) is 64.4 Å². The number of imide groups is 1. The summed E-state index contributed by atoms with van der Waals surface area (Å²) in [6.45, 7) is 2.98. The van der Waals surface area contributed by atoms with Gasteiger partial charge >= 0.3 is 10.1 Å². The minimum Gasteiger partial charge on any atom is -0.490 e. The first-order chi connectivity index (χ1) is 19.4. The Morgan fingerprint density at radius 2 is 1.78 bits per heavy atom. The molecule has 0 unspecified atom stereocenters. The summed E-state index contributed by atoms with van der Waals surface area (Å²) >= 11 is 13.1. The van der Waals surface area contributed by atoms with Gasteiger partial charge in [0.15, 0.2) is 5.75 Å². The number of halogens is 3. The summed E-state index contributed by atoms with van der Waals surface area (Å²) in [6.07, 6.45) is 1.41. The first-order valence-electron chi connectivity index (χ1n) is 11.9. The number of anilines is 1. The van der Waals surface area contributed by atoms with Gasteiger partial charge in [0.2, 0.25) is 11.7 Å². The molecule has 1 saturated heterocycles. The number of ether oxygens (including phenoxy) is 1. The van der Waals surface area contributed by atoms with Crippen LogP contribution >= 0.6 is 35.0 Å². The molecule has 0 saturated carbocycles. The number of hydrogen-bond acceptors (Lipinski definition) is 8. The molecule has 41 heavy (non-hydrogen) atoms. The third-order valence-electron chi connectivity index (χ3n) is 5.50. The highest BCUT2D eigenvalue weighted by molar-refractivity contribution is 8.18. The lowest BCUT2D eigenvalue weighted by atomic mass is 10.1. The van der Waals surface area contributed by atoms with Crippen LogP contribution in [0.1, 0.15) is 25.0 Å². The standard InChI is InChI=1S/C27H21Cl2FN2O7S2/c1-3-38-23-11-16(12-24-26(34)32(27(35)40-24)14-17-4-5-18(30)13-21(17)28)10-22(29)25(23)39-41(36,37)20-8-6-19(7-9-20)31-15(2)33/h4-13H,3,14H2,1-2H3,(H,31,33)/b24-12-.